The minimum absolute atomic E-state index is 0.0185. The van der Waals surface area contributed by atoms with E-state index in [2.05, 4.69) is 12.2 Å². The Morgan fingerprint density at radius 3 is 2.07 bits per heavy atom. The smallest absolute Gasteiger partial charge is 0.326 e. The Labute approximate surface area is 180 Å². The van der Waals surface area contributed by atoms with Gasteiger partial charge in [-0.3, -0.25) is 9.59 Å². The summed E-state index contributed by atoms with van der Waals surface area (Å²) < 4.78 is 5.72. The summed E-state index contributed by atoms with van der Waals surface area (Å²) in [5.74, 6) is -0.975. The number of ether oxygens (including phenoxy) is 1. The first-order chi connectivity index (χ1) is 14.6. The molecule has 1 aromatic rings. The van der Waals surface area contributed by atoms with E-state index in [1.165, 1.54) is 51.4 Å². The molecule has 0 saturated carbocycles. The number of carboxylic acids is 1. The lowest BCUT2D eigenvalue weighted by Gasteiger charge is -2.13. The van der Waals surface area contributed by atoms with Gasteiger partial charge >= 0.3 is 5.97 Å². The highest BCUT2D eigenvalue weighted by atomic mass is 16.5. The molecule has 0 spiro atoms. The van der Waals surface area contributed by atoms with Gasteiger partial charge < -0.3 is 15.2 Å². The van der Waals surface area contributed by atoms with Crippen molar-refractivity contribution < 1.29 is 24.2 Å². The second kappa shape index (κ2) is 16.4. The van der Waals surface area contributed by atoms with Crippen molar-refractivity contribution in [1.29, 1.82) is 0 Å². The number of amides is 1. The Balaban J connectivity index is 2.21. The summed E-state index contributed by atoms with van der Waals surface area (Å²) in [7, 11) is 0. The number of carbonyl (C=O) groups excluding carboxylic acids is 2. The van der Waals surface area contributed by atoms with Gasteiger partial charge in [-0.15, -0.1) is 0 Å². The van der Waals surface area contributed by atoms with Gasteiger partial charge in [0.2, 0.25) is 0 Å². The number of aliphatic carboxylic acids is 1. The second-order valence-electron chi connectivity index (χ2n) is 7.60. The minimum atomic E-state index is -1.17. The van der Waals surface area contributed by atoms with E-state index in [0.29, 0.717) is 17.9 Å². The van der Waals surface area contributed by atoms with Crippen molar-refractivity contribution in [2.24, 2.45) is 0 Å². The normalized spacial score (nSPS) is 11.6. The number of rotatable bonds is 18. The molecule has 0 aliphatic heterocycles. The molecule has 1 rings (SSSR count). The number of hydrogen-bond donors (Lipinski definition) is 2. The van der Waals surface area contributed by atoms with Crippen LogP contribution >= 0.6 is 0 Å². The van der Waals surface area contributed by atoms with Crippen LogP contribution in [-0.4, -0.2) is 35.9 Å². The summed E-state index contributed by atoms with van der Waals surface area (Å²) in [5.41, 5.74) is 0.350. The van der Waals surface area contributed by atoms with Gasteiger partial charge in [-0.1, -0.05) is 64.7 Å². The summed E-state index contributed by atoms with van der Waals surface area (Å²) >= 11 is 0. The molecule has 6 heteroatoms. The lowest BCUT2D eigenvalue weighted by Crippen LogP contribution is -2.40. The van der Waals surface area contributed by atoms with Crippen molar-refractivity contribution in [1.82, 2.24) is 5.32 Å². The van der Waals surface area contributed by atoms with Crippen LogP contribution in [-0.2, 0) is 9.59 Å². The van der Waals surface area contributed by atoms with Crippen molar-refractivity contribution in [3.05, 3.63) is 29.8 Å². The number of benzene rings is 1. The van der Waals surface area contributed by atoms with E-state index in [1.54, 1.807) is 30.6 Å². The quantitative estimate of drug-likeness (QED) is 0.325. The highest BCUT2D eigenvalue weighted by molar-refractivity contribution is 5.96. The first kappa shape index (κ1) is 25.7. The topological polar surface area (TPSA) is 92.7 Å². The Kier molecular flexibility index (Phi) is 14.1. The standard InChI is InChI=1S/C24H36NO5/c1-2-3-4-5-6-7-8-9-10-11-19-30-21-16-14-20(15-17-21)23(27)25-22(24(28)29)13-12-18-26/h14-17,22H,2-13,19H2,1H3,(H,25,27)(H,28,29)/t22-/m0/s1. The molecule has 0 aliphatic rings. The Morgan fingerprint density at radius 2 is 1.53 bits per heavy atom. The second-order valence-corrected chi connectivity index (χ2v) is 7.60. The molecule has 30 heavy (non-hydrogen) atoms. The van der Waals surface area contributed by atoms with Gasteiger partial charge in [-0.25, -0.2) is 4.79 Å². The Bertz CT molecular complexity index is 615. The summed E-state index contributed by atoms with van der Waals surface area (Å²) in [5, 5.41) is 11.5. The fourth-order valence-corrected chi connectivity index (χ4v) is 3.18. The van der Waals surface area contributed by atoms with E-state index in [0.717, 1.165) is 12.8 Å². The largest absolute Gasteiger partial charge is 0.494 e. The molecule has 0 aromatic heterocycles. The summed E-state index contributed by atoms with van der Waals surface area (Å²) in [6.45, 7) is 2.88. The molecular formula is C24H36NO5. The molecule has 0 bridgehead atoms. The number of unbranched alkanes of at least 4 members (excludes halogenated alkanes) is 9. The zero-order chi connectivity index (χ0) is 22.0. The molecule has 0 aliphatic carbocycles. The molecule has 1 atom stereocenters. The van der Waals surface area contributed by atoms with Crippen molar-refractivity contribution in [2.45, 2.75) is 90.0 Å². The minimum Gasteiger partial charge on any atom is -0.494 e. The molecule has 1 aromatic carbocycles. The highest BCUT2D eigenvalue weighted by Crippen LogP contribution is 2.14. The molecule has 2 N–H and O–H groups in total. The molecule has 1 amide bonds. The number of carbonyl (C=O) groups is 2. The van der Waals surface area contributed by atoms with Crippen molar-refractivity contribution in [2.75, 3.05) is 6.61 Å². The zero-order valence-electron chi connectivity index (χ0n) is 18.2. The molecule has 0 fully saturated rings. The van der Waals surface area contributed by atoms with E-state index >= 15 is 0 Å². The van der Waals surface area contributed by atoms with E-state index in [-0.39, 0.29) is 12.8 Å². The van der Waals surface area contributed by atoms with Crippen molar-refractivity contribution >= 4 is 18.2 Å². The number of nitrogens with one attached hydrogen (secondary N) is 1. The maximum absolute atomic E-state index is 12.2. The fourth-order valence-electron chi connectivity index (χ4n) is 3.18. The van der Waals surface area contributed by atoms with Gasteiger partial charge in [0.25, 0.3) is 5.91 Å². The lowest BCUT2D eigenvalue weighted by molar-refractivity contribution is -0.139. The van der Waals surface area contributed by atoms with Gasteiger partial charge in [0, 0.05) is 12.0 Å². The maximum Gasteiger partial charge on any atom is 0.326 e. The lowest BCUT2D eigenvalue weighted by atomic mass is 10.1. The first-order valence-corrected chi connectivity index (χ1v) is 11.2. The predicted octanol–water partition coefficient (Wildman–Crippen LogP) is 5.06. The summed E-state index contributed by atoms with van der Waals surface area (Å²) in [4.78, 5) is 33.6. The SMILES string of the molecule is CCCCCCCCCCCCOc1ccc(C(=O)N[C@@H](CC[C]=O)C(=O)O)cc1. The highest BCUT2D eigenvalue weighted by Gasteiger charge is 2.20. The Hall–Kier alpha value is -2.37. The van der Waals surface area contributed by atoms with Crippen molar-refractivity contribution in [3.8, 4) is 5.75 Å². The van der Waals surface area contributed by atoms with E-state index < -0.39 is 17.9 Å². The van der Waals surface area contributed by atoms with Crippen LogP contribution in [0.4, 0.5) is 0 Å². The number of carboxylic acid groups (broad SMARTS) is 1. The molecule has 0 saturated heterocycles. The van der Waals surface area contributed by atoms with E-state index in [9.17, 15) is 14.4 Å². The third-order valence-corrected chi connectivity index (χ3v) is 5.02. The van der Waals surface area contributed by atoms with Crippen LogP contribution < -0.4 is 10.1 Å². The van der Waals surface area contributed by atoms with Crippen molar-refractivity contribution in [3.63, 3.8) is 0 Å². The monoisotopic (exact) mass is 418 g/mol. The predicted molar refractivity (Wildman–Crippen MR) is 118 cm³/mol. The summed E-state index contributed by atoms with van der Waals surface area (Å²) in [6, 6.07) is 5.52. The first-order valence-electron chi connectivity index (χ1n) is 11.2. The molecular weight excluding hydrogens is 382 g/mol. The zero-order valence-corrected chi connectivity index (χ0v) is 18.2. The van der Waals surface area contributed by atoms with Crippen LogP contribution in [0.15, 0.2) is 24.3 Å². The third kappa shape index (κ3) is 11.6. The maximum atomic E-state index is 12.2. The van der Waals surface area contributed by atoms with Crippen LogP contribution in [0, 0.1) is 0 Å². The van der Waals surface area contributed by atoms with Crippen LogP contribution in [0.1, 0.15) is 94.3 Å². The molecule has 0 heterocycles. The third-order valence-electron chi connectivity index (χ3n) is 5.02. The van der Waals surface area contributed by atoms with E-state index in [4.69, 9.17) is 9.84 Å². The van der Waals surface area contributed by atoms with Crippen LogP contribution in [0.5, 0.6) is 5.75 Å². The average molecular weight is 419 g/mol. The molecule has 1 radical (unpaired) electrons. The molecule has 167 valence electrons. The van der Waals surface area contributed by atoms with Crippen LogP contribution in [0.25, 0.3) is 0 Å². The number of hydrogen-bond acceptors (Lipinski definition) is 4. The van der Waals surface area contributed by atoms with Gasteiger partial charge in [0.15, 0.2) is 6.29 Å². The van der Waals surface area contributed by atoms with Gasteiger partial charge in [0.1, 0.15) is 11.8 Å². The van der Waals surface area contributed by atoms with Gasteiger partial charge in [-0.05, 0) is 37.1 Å². The average Bonchev–Trinajstić information content (AvgIpc) is 2.75. The van der Waals surface area contributed by atoms with Gasteiger partial charge in [0.05, 0.1) is 6.61 Å². The molecule has 6 nitrogen and oxygen atoms in total. The Morgan fingerprint density at radius 1 is 0.967 bits per heavy atom. The van der Waals surface area contributed by atoms with E-state index in [1.807, 2.05) is 0 Å². The fraction of sp³-hybridized carbons (Fsp3) is 0.625. The summed E-state index contributed by atoms with van der Waals surface area (Å²) in [6.07, 6.45) is 14.4. The molecule has 0 unspecified atom stereocenters. The van der Waals surface area contributed by atoms with Crippen LogP contribution in [0.3, 0.4) is 0 Å². The van der Waals surface area contributed by atoms with Gasteiger partial charge in [-0.2, -0.15) is 0 Å². The van der Waals surface area contributed by atoms with Crippen LogP contribution in [0.2, 0.25) is 0 Å².